The summed E-state index contributed by atoms with van der Waals surface area (Å²) in [5.74, 6) is 0.0486. The standard InChI is InChI=1S/C18H17N3O3S/c1-18(2)12-9-10(25(19,23)24)7-8-14(12)20-16(18)15-11-5-3-4-6-13(11)21-17(15)22/h3-9,21-22H,1-2H3,(H2,19,23,24). The Bertz CT molecular complexity index is 1160. The third-order valence-electron chi connectivity index (χ3n) is 4.72. The Morgan fingerprint density at radius 1 is 1.16 bits per heavy atom. The minimum Gasteiger partial charge on any atom is -0.494 e. The molecule has 25 heavy (non-hydrogen) atoms. The number of nitrogens with zero attached hydrogens (tertiary/aromatic N) is 1. The molecule has 6 nitrogen and oxygen atoms in total. The number of hydrogen-bond donors (Lipinski definition) is 3. The summed E-state index contributed by atoms with van der Waals surface area (Å²) in [6, 6.07) is 12.2. The second kappa shape index (κ2) is 4.93. The number of aliphatic imine (C=N–C) groups is 1. The number of fused-ring (bicyclic) bond motifs is 2. The van der Waals surface area contributed by atoms with Crippen LogP contribution >= 0.6 is 0 Å². The van der Waals surface area contributed by atoms with Crippen LogP contribution in [0.4, 0.5) is 5.69 Å². The summed E-state index contributed by atoms with van der Waals surface area (Å²) in [5.41, 5.74) is 2.99. The third kappa shape index (κ3) is 2.27. The highest BCUT2D eigenvalue weighted by molar-refractivity contribution is 7.89. The van der Waals surface area contributed by atoms with Crippen molar-refractivity contribution in [2.24, 2.45) is 10.1 Å². The number of benzene rings is 2. The van der Waals surface area contributed by atoms with E-state index in [1.807, 2.05) is 38.1 Å². The zero-order valence-corrected chi connectivity index (χ0v) is 14.6. The number of H-pyrrole nitrogens is 1. The van der Waals surface area contributed by atoms with Gasteiger partial charge in [0.05, 0.1) is 21.9 Å². The minimum absolute atomic E-state index is 0.0486. The number of rotatable bonds is 2. The van der Waals surface area contributed by atoms with Gasteiger partial charge in [0, 0.05) is 16.3 Å². The van der Waals surface area contributed by atoms with E-state index in [1.165, 1.54) is 6.07 Å². The molecule has 0 unspecified atom stereocenters. The number of aromatic amines is 1. The molecular weight excluding hydrogens is 338 g/mol. The summed E-state index contributed by atoms with van der Waals surface area (Å²) in [6.07, 6.45) is 0. The van der Waals surface area contributed by atoms with Gasteiger partial charge >= 0.3 is 0 Å². The first kappa shape index (κ1) is 15.9. The lowest BCUT2D eigenvalue weighted by atomic mass is 9.79. The molecule has 0 radical (unpaired) electrons. The maximum atomic E-state index is 11.7. The molecule has 2 aromatic carbocycles. The van der Waals surface area contributed by atoms with E-state index in [-0.39, 0.29) is 10.8 Å². The van der Waals surface area contributed by atoms with E-state index in [4.69, 9.17) is 5.14 Å². The van der Waals surface area contributed by atoms with E-state index in [1.54, 1.807) is 12.1 Å². The molecule has 1 aromatic heterocycles. The van der Waals surface area contributed by atoms with Gasteiger partial charge in [-0.25, -0.2) is 13.6 Å². The average Bonchev–Trinajstić information content (AvgIpc) is 2.99. The normalized spacial score (nSPS) is 16.0. The monoisotopic (exact) mass is 355 g/mol. The molecule has 2 heterocycles. The maximum absolute atomic E-state index is 11.7. The molecule has 1 aliphatic rings. The minimum atomic E-state index is -3.80. The Labute approximate surface area is 145 Å². The van der Waals surface area contributed by atoms with Crippen LogP contribution in [0.1, 0.15) is 25.0 Å². The van der Waals surface area contributed by atoms with Gasteiger partial charge in [0.2, 0.25) is 10.0 Å². The van der Waals surface area contributed by atoms with E-state index < -0.39 is 15.4 Å². The van der Waals surface area contributed by atoms with Crippen molar-refractivity contribution in [3.8, 4) is 5.88 Å². The number of sulfonamides is 1. The van der Waals surface area contributed by atoms with Crippen LogP contribution in [0.15, 0.2) is 52.4 Å². The Morgan fingerprint density at radius 3 is 2.60 bits per heavy atom. The van der Waals surface area contributed by atoms with Gasteiger partial charge in [-0.15, -0.1) is 0 Å². The molecule has 128 valence electrons. The van der Waals surface area contributed by atoms with Crippen LogP contribution in [0.5, 0.6) is 5.88 Å². The lowest BCUT2D eigenvalue weighted by Gasteiger charge is -2.22. The Morgan fingerprint density at radius 2 is 1.88 bits per heavy atom. The summed E-state index contributed by atoms with van der Waals surface area (Å²) in [4.78, 5) is 7.70. The molecular formula is C18H17N3O3S. The van der Waals surface area contributed by atoms with Crippen LogP contribution in [0.3, 0.4) is 0 Å². The summed E-state index contributed by atoms with van der Waals surface area (Å²) in [7, 11) is -3.80. The van der Waals surface area contributed by atoms with Gasteiger partial charge in [-0.3, -0.25) is 4.99 Å². The summed E-state index contributed by atoms with van der Waals surface area (Å²) in [6.45, 7) is 3.90. The number of para-hydroxylation sites is 1. The Hall–Kier alpha value is -2.64. The molecule has 0 fully saturated rings. The van der Waals surface area contributed by atoms with Crippen LogP contribution in [0.25, 0.3) is 10.9 Å². The van der Waals surface area contributed by atoms with Crippen molar-refractivity contribution in [1.29, 1.82) is 0 Å². The second-order valence-corrected chi connectivity index (χ2v) is 8.26. The van der Waals surface area contributed by atoms with Crippen LogP contribution in [-0.4, -0.2) is 24.2 Å². The van der Waals surface area contributed by atoms with E-state index in [2.05, 4.69) is 9.98 Å². The van der Waals surface area contributed by atoms with Crippen molar-refractivity contribution in [3.63, 3.8) is 0 Å². The highest BCUT2D eigenvalue weighted by Crippen LogP contribution is 2.45. The van der Waals surface area contributed by atoms with Crippen LogP contribution in [-0.2, 0) is 15.4 Å². The van der Waals surface area contributed by atoms with Gasteiger partial charge in [0.15, 0.2) is 5.88 Å². The van der Waals surface area contributed by atoms with Gasteiger partial charge in [0.25, 0.3) is 0 Å². The van der Waals surface area contributed by atoms with Crippen molar-refractivity contribution in [2.75, 3.05) is 0 Å². The van der Waals surface area contributed by atoms with Crippen molar-refractivity contribution in [3.05, 3.63) is 53.6 Å². The van der Waals surface area contributed by atoms with Crippen LogP contribution in [0.2, 0.25) is 0 Å². The molecule has 0 spiro atoms. The Balaban J connectivity index is 1.94. The van der Waals surface area contributed by atoms with Gasteiger partial charge < -0.3 is 10.1 Å². The maximum Gasteiger partial charge on any atom is 0.238 e. The SMILES string of the molecule is CC1(C)C(c2c(O)[nH]c3ccccc23)=Nc2ccc(S(N)(=O)=O)cc21. The first-order valence-corrected chi connectivity index (χ1v) is 9.31. The molecule has 0 atom stereocenters. The zero-order valence-electron chi connectivity index (χ0n) is 13.7. The predicted molar refractivity (Wildman–Crippen MR) is 97.0 cm³/mol. The van der Waals surface area contributed by atoms with Crippen LogP contribution < -0.4 is 5.14 Å². The van der Waals surface area contributed by atoms with E-state index >= 15 is 0 Å². The number of nitrogens with one attached hydrogen (secondary N) is 1. The second-order valence-electron chi connectivity index (χ2n) is 6.70. The van der Waals surface area contributed by atoms with Gasteiger partial charge in [-0.05, 0) is 29.8 Å². The molecule has 7 heteroatoms. The molecule has 0 saturated carbocycles. The van der Waals surface area contributed by atoms with E-state index in [0.29, 0.717) is 17.0 Å². The van der Waals surface area contributed by atoms with E-state index in [9.17, 15) is 13.5 Å². The van der Waals surface area contributed by atoms with Gasteiger partial charge in [-0.2, -0.15) is 0 Å². The summed E-state index contributed by atoms with van der Waals surface area (Å²) >= 11 is 0. The molecule has 1 aliphatic heterocycles. The van der Waals surface area contributed by atoms with Gasteiger partial charge in [-0.1, -0.05) is 32.0 Å². The highest BCUT2D eigenvalue weighted by Gasteiger charge is 2.39. The van der Waals surface area contributed by atoms with Crippen molar-refractivity contribution in [2.45, 2.75) is 24.2 Å². The lowest BCUT2D eigenvalue weighted by Crippen LogP contribution is -2.26. The summed E-state index contributed by atoms with van der Waals surface area (Å²) in [5, 5.41) is 16.6. The molecule has 0 saturated heterocycles. The molecule has 0 amide bonds. The number of nitrogens with two attached hydrogens (primary N) is 1. The molecule has 0 bridgehead atoms. The fraction of sp³-hybridized carbons (Fsp3) is 0.167. The smallest absolute Gasteiger partial charge is 0.238 e. The largest absolute Gasteiger partial charge is 0.494 e. The lowest BCUT2D eigenvalue weighted by molar-refractivity contribution is 0.456. The van der Waals surface area contributed by atoms with Crippen molar-refractivity contribution < 1.29 is 13.5 Å². The van der Waals surface area contributed by atoms with Crippen LogP contribution in [0, 0.1) is 0 Å². The topological polar surface area (TPSA) is 109 Å². The zero-order chi connectivity index (χ0) is 18.0. The van der Waals surface area contributed by atoms with Gasteiger partial charge in [0.1, 0.15) is 0 Å². The van der Waals surface area contributed by atoms with Crippen molar-refractivity contribution >= 4 is 32.3 Å². The first-order chi connectivity index (χ1) is 11.7. The quantitative estimate of drug-likeness (QED) is 0.657. The molecule has 4 N–H and O–H groups in total. The number of hydrogen-bond acceptors (Lipinski definition) is 4. The molecule has 0 aliphatic carbocycles. The predicted octanol–water partition coefficient (Wildman–Crippen LogP) is 2.93. The number of aromatic hydroxyl groups is 1. The number of primary sulfonamides is 1. The third-order valence-corrected chi connectivity index (χ3v) is 5.63. The number of aromatic nitrogens is 1. The van der Waals surface area contributed by atoms with Crippen molar-refractivity contribution in [1.82, 2.24) is 4.98 Å². The average molecular weight is 355 g/mol. The fourth-order valence-electron chi connectivity index (χ4n) is 3.41. The Kier molecular flexibility index (Phi) is 3.13. The van der Waals surface area contributed by atoms with E-state index in [0.717, 1.165) is 16.5 Å². The first-order valence-electron chi connectivity index (χ1n) is 7.76. The summed E-state index contributed by atoms with van der Waals surface area (Å²) < 4.78 is 23.4. The highest BCUT2D eigenvalue weighted by atomic mass is 32.2. The molecule has 4 rings (SSSR count). The molecule has 3 aromatic rings. The fourth-order valence-corrected chi connectivity index (χ4v) is 3.95.